The number of hydrogen-bond donors (Lipinski definition) is 1. The molecule has 0 atom stereocenters. The number of aromatic amines is 1. The van der Waals surface area contributed by atoms with E-state index in [1.165, 1.54) is 18.5 Å². The van der Waals surface area contributed by atoms with Gasteiger partial charge in [0.05, 0.1) is 0 Å². The van der Waals surface area contributed by atoms with Gasteiger partial charge in [-0.1, -0.05) is 0 Å². The Morgan fingerprint density at radius 1 is 1.21 bits per heavy atom. The Hall–Kier alpha value is -2.17. The molecule has 19 heavy (non-hydrogen) atoms. The number of nitrogens with zero attached hydrogens (tertiary/aromatic N) is 3. The summed E-state index contributed by atoms with van der Waals surface area (Å²) in [4.78, 5) is 14.1. The molecule has 0 aliphatic heterocycles. The molecule has 3 rings (SSSR count). The van der Waals surface area contributed by atoms with Crippen molar-refractivity contribution in [2.24, 2.45) is 0 Å². The van der Waals surface area contributed by atoms with Crippen LogP contribution >= 0.6 is 0 Å². The van der Waals surface area contributed by atoms with Crippen molar-refractivity contribution in [2.75, 3.05) is 18.0 Å². The van der Waals surface area contributed by atoms with Gasteiger partial charge >= 0.3 is 0 Å². The minimum atomic E-state index is -0.253. The van der Waals surface area contributed by atoms with Crippen LogP contribution in [-0.4, -0.2) is 28.0 Å². The molecule has 0 saturated heterocycles. The van der Waals surface area contributed by atoms with Crippen molar-refractivity contribution < 1.29 is 4.39 Å². The smallest absolute Gasteiger partial charge is 0.156 e. The molecule has 0 bridgehead atoms. The lowest BCUT2D eigenvalue weighted by Gasteiger charge is -2.19. The Morgan fingerprint density at radius 3 is 2.74 bits per heavy atom. The van der Waals surface area contributed by atoms with Crippen molar-refractivity contribution in [2.45, 2.75) is 13.8 Å². The zero-order valence-electron chi connectivity index (χ0n) is 10.9. The van der Waals surface area contributed by atoms with Crippen molar-refractivity contribution in [1.82, 2.24) is 15.0 Å². The summed E-state index contributed by atoms with van der Waals surface area (Å²) in [5, 5.41) is 0.797. The third-order valence-corrected chi connectivity index (χ3v) is 3.39. The number of rotatable bonds is 3. The maximum atomic E-state index is 13.4. The molecular weight excluding hydrogens is 243 g/mol. The largest absolute Gasteiger partial charge is 0.355 e. The van der Waals surface area contributed by atoms with Crippen molar-refractivity contribution in [3.8, 4) is 0 Å². The molecule has 2 heterocycles. The van der Waals surface area contributed by atoms with Crippen molar-refractivity contribution in [1.29, 1.82) is 0 Å². The molecule has 0 radical (unpaired) electrons. The van der Waals surface area contributed by atoms with Crippen molar-refractivity contribution >= 4 is 27.8 Å². The van der Waals surface area contributed by atoms with Gasteiger partial charge in [-0.25, -0.2) is 14.4 Å². The lowest BCUT2D eigenvalue weighted by Crippen LogP contribution is -2.23. The second-order valence-electron chi connectivity index (χ2n) is 4.41. The Labute approximate surface area is 110 Å². The molecule has 0 fully saturated rings. The molecule has 0 unspecified atom stereocenters. The summed E-state index contributed by atoms with van der Waals surface area (Å²) in [6.45, 7) is 5.90. The van der Waals surface area contributed by atoms with Crippen LogP contribution in [0.15, 0.2) is 24.5 Å². The first-order chi connectivity index (χ1) is 9.24. The van der Waals surface area contributed by atoms with E-state index in [-0.39, 0.29) is 5.82 Å². The van der Waals surface area contributed by atoms with Crippen LogP contribution in [0, 0.1) is 5.82 Å². The van der Waals surface area contributed by atoms with Crippen LogP contribution in [-0.2, 0) is 0 Å². The Bertz CT molecular complexity index is 731. The summed E-state index contributed by atoms with van der Waals surface area (Å²) >= 11 is 0. The summed E-state index contributed by atoms with van der Waals surface area (Å²) < 4.78 is 13.4. The van der Waals surface area contributed by atoms with Gasteiger partial charge in [-0.3, -0.25) is 0 Å². The summed E-state index contributed by atoms with van der Waals surface area (Å²) in [6.07, 6.45) is 1.54. The third kappa shape index (κ3) is 1.82. The van der Waals surface area contributed by atoms with Gasteiger partial charge < -0.3 is 9.88 Å². The van der Waals surface area contributed by atoms with E-state index in [2.05, 4.69) is 33.7 Å². The van der Waals surface area contributed by atoms with E-state index in [0.717, 1.165) is 40.8 Å². The first-order valence-corrected chi connectivity index (χ1v) is 6.41. The van der Waals surface area contributed by atoms with Gasteiger partial charge in [0.15, 0.2) is 5.82 Å². The molecule has 3 aromatic rings. The summed E-state index contributed by atoms with van der Waals surface area (Å²) in [5.74, 6) is 0.614. The number of halogens is 1. The normalized spacial score (nSPS) is 11.3. The van der Waals surface area contributed by atoms with Crippen molar-refractivity contribution in [3.63, 3.8) is 0 Å². The SMILES string of the molecule is CCN(CC)c1ncnc2c1[nH]c1ccc(F)cc12. The second kappa shape index (κ2) is 4.50. The van der Waals surface area contributed by atoms with Crippen LogP contribution in [0.25, 0.3) is 21.9 Å². The maximum absolute atomic E-state index is 13.4. The molecule has 0 aliphatic rings. The molecule has 0 saturated carbocycles. The summed E-state index contributed by atoms with van der Waals surface area (Å²) in [7, 11) is 0. The molecule has 98 valence electrons. The van der Waals surface area contributed by atoms with E-state index < -0.39 is 0 Å². The zero-order chi connectivity index (χ0) is 13.4. The molecule has 4 nitrogen and oxygen atoms in total. The van der Waals surface area contributed by atoms with Gasteiger partial charge in [0.25, 0.3) is 0 Å². The van der Waals surface area contributed by atoms with E-state index in [4.69, 9.17) is 0 Å². The first-order valence-electron chi connectivity index (χ1n) is 6.41. The van der Waals surface area contributed by atoms with Gasteiger partial charge in [-0.05, 0) is 32.0 Å². The monoisotopic (exact) mass is 258 g/mol. The number of benzene rings is 1. The van der Waals surface area contributed by atoms with Gasteiger partial charge in [0.2, 0.25) is 0 Å². The fourth-order valence-electron chi connectivity index (χ4n) is 2.41. The van der Waals surface area contributed by atoms with Crippen LogP contribution in [0.1, 0.15) is 13.8 Å². The molecule has 0 aliphatic carbocycles. The lowest BCUT2D eigenvalue weighted by molar-refractivity contribution is 0.630. The highest BCUT2D eigenvalue weighted by Crippen LogP contribution is 2.29. The number of aromatic nitrogens is 3. The van der Waals surface area contributed by atoms with Gasteiger partial charge in [0.1, 0.15) is 23.2 Å². The third-order valence-electron chi connectivity index (χ3n) is 3.39. The average Bonchev–Trinajstić information content (AvgIpc) is 2.79. The molecule has 0 spiro atoms. The Balaban J connectivity index is 2.34. The molecule has 5 heteroatoms. The number of anilines is 1. The van der Waals surface area contributed by atoms with E-state index in [9.17, 15) is 4.39 Å². The first kappa shape index (κ1) is 11.9. The number of hydrogen-bond acceptors (Lipinski definition) is 3. The predicted octanol–water partition coefficient (Wildman–Crippen LogP) is 3.10. The molecule has 1 N–H and O–H groups in total. The van der Waals surface area contributed by atoms with E-state index in [1.54, 1.807) is 6.07 Å². The topological polar surface area (TPSA) is 44.8 Å². The zero-order valence-corrected chi connectivity index (χ0v) is 10.9. The molecular formula is C14H15FN4. The highest BCUT2D eigenvalue weighted by atomic mass is 19.1. The van der Waals surface area contributed by atoms with E-state index >= 15 is 0 Å². The minimum absolute atomic E-state index is 0.253. The van der Waals surface area contributed by atoms with Gasteiger partial charge in [-0.2, -0.15) is 0 Å². The Morgan fingerprint density at radius 2 is 2.00 bits per heavy atom. The fourth-order valence-corrected chi connectivity index (χ4v) is 2.41. The Kier molecular flexibility index (Phi) is 2.81. The van der Waals surface area contributed by atoms with Crippen LogP contribution in [0.4, 0.5) is 10.2 Å². The van der Waals surface area contributed by atoms with Gasteiger partial charge in [0, 0.05) is 24.0 Å². The van der Waals surface area contributed by atoms with E-state index in [0.29, 0.717) is 0 Å². The van der Waals surface area contributed by atoms with E-state index in [1.807, 2.05) is 0 Å². The molecule has 2 aromatic heterocycles. The predicted molar refractivity (Wildman–Crippen MR) is 74.9 cm³/mol. The molecule has 1 aromatic carbocycles. The highest BCUT2D eigenvalue weighted by molar-refractivity contribution is 6.08. The molecule has 0 amide bonds. The average molecular weight is 258 g/mol. The standard InChI is InChI=1S/C14H15FN4/c1-3-19(4-2)14-13-12(16-8-17-14)10-7-9(15)5-6-11(10)18-13/h5-8,18H,3-4H2,1-2H3. The summed E-state index contributed by atoms with van der Waals surface area (Å²) in [6, 6.07) is 4.69. The second-order valence-corrected chi connectivity index (χ2v) is 4.41. The van der Waals surface area contributed by atoms with Crippen LogP contribution in [0.5, 0.6) is 0 Å². The number of nitrogens with one attached hydrogen (secondary N) is 1. The maximum Gasteiger partial charge on any atom is 0.156 e. The fraction of sp³-hybridized carbons (Fsp3) is 0.286. The van der Waals surface area contributed by atoms with Crippen LogP contribution in [0.2, 0.25) is 0 Å². The van der Waals surface area contributed by atoms with Gasteiger partial charge in [-0.15, -0.1) is 0 Å². The van der Waals surface area contributed by atoms with Crippen LogP contribution in [0.3, 0.4) is 0 Å². The number of fused-ring (bicyclic) bond motifs is 3. The van der Waals surface area contributed by atoms with Crippen molar-refractivity contribution in [3.05, 3.63) is 30.3 Å². The lowest BCUT2D eigenvalue weighted by atomic mass is 10.2. The quantitative estimate of drug-likeness (QED) is 0.785. The minimum Gasteiger partial charge on any atom is -0.355 e. The highest BCUT2D eigenvalue weighted by Gasteiger charge is 2.14. The number of H-pyrrole nitrogens is 1. The van der Waals surface area contributed by atoms with Crippen LogP contribution < -0.4 is 4.90 Å². The summed E-state index contributed by atoms with van der Waals surface area (Å²) in [5.41, 5.74) is 2.52.